The van der Waals surface area contributed by atoms with Gasteiger partial charge in [-0.2, -0.15) is 0 Å². The molecule has 1 N–H and O–H groups in total. The van der Waals surface area contributed by atoms with Crippen LogP contribution in [0.4, 0.5) is 5.69 Å². The molecule has 3 aromatic rings. The lowest BCUT2D eigenvalue weighted by Gasteiger charge is -2.29. The van der Waals surface area contributed by atoms with E-state index in [4.69, 9.17) is 11.6 Å². The summed E-state index contributed by atoms with van der Waals surface area (Å²) in [6.45, 7) is 2.13. The Hall–Kier alpha value is -2.39. The van der Waals surface area contributed by atoms with E-state index in [1.165, 1.54) is 16.5 Å². The lowest BCUT2D eigenvalue weighted by molar-refractivity contribution is -0.117. The van der Waals surface area contributed by atoms with Gasteiger partial charge in [0.15, 0.2) is 0 Å². The Balaban J connectivity index is 1.36. The van der Waals surface area contributed by atoms with Gasteiger partial charge in [0, 0.05) is 28.7 Å². The molecule has 0 aliphatic heterocycles. The van der Waals surface area contributed by atoms with Gasteiger partial charge < -0.3 is 5.32 Å². The highest BCUT2D eigenvalue weighted by Crippen LogP contribution is 2.39. The van der Waals surface area contributed by atoms with Crippen molar-refractivity contribution >= 4 is 34.1 Å². The fraction of sp³-hybridized carbons (Fsp3) is 0.333. The number of anilines is 1. The number of pyridine rings is 1. The summed E-state index contributed by atoms with van der Waals surface area (Å²) in [6, 6.07) is 15.9. The first-order chi connectivity index (χ1) is 13.6. The molecule has 1 aliphatic carbocycles. The highest BCUT2D eigenvalue weighted by Gasteiger charge is 2.25. The predicted octanol–water partition coefficient (Wildman–Crippen LogP) is 6.50. The highest BCUT2D eigenvalue weighted by molar-refractivity contribution is 6.30. The van der Waals surface area contributed by atoms with E-state index in [0.717, 1.165) is 36.9 Å². The lowest BCUT2D eigenvalue weighted by Crippen LogP contribution is -2.20. The Kier molecular flexibility index (Phi) is 5.63. The molecule has 0 unspecified atom stereocenters. The molecule has 1 saturated carbocycles. The number of carbonyl (C=O) groups excluding carboxylic acids is 1. The number of fused-ring (bicyclic) bond motifs is 1. The number of hydrogen-bond donors (Lipinski definition) is 1. The molecule has 1 aromatic heterocycles. The summed E-state index contributed by atoms with van der Waals surface area (Å²) >= 11 is 5.90. The molecule has 1 heterocycles. The van der Waals surface area contributed by atoms with Crippen LogP contribution in [0, 0.1) is 12.8 Å². The summed E-state index contributed by atoms with van der Waals surface area (Å²) in [5, 5.41) is 4.94. The number of nitrogens with one attached hydrogen (secondary N) is 1. The molecule has 1 amide bonds. The van der Waals surface area contributed by atoms with Crippen molar-refractivity contribution in [3.63, 3.8) is 0 Å². The van der Waals surface area contributed by atoms with Crippen molar-refractivity contribution in [1.29, 1.82) is 0 Å². The van der Waals surface area contributed by atoms with Crippen molar-refractivity contribution in [3.05, 3.63) is 70.9 Å². The summed E-state index contributed by atoms with van der Waals surface area (Å²) in [7, 11) is 0. The Morgan fingerprint density at radius 1 is 1.07 bits per heavy atom. The molecule has 3 nitrogen and oxygen atoms in total. The van der Waals surface area contributed by atoms with E-state index in [1.54, 1.807) is 12.1 Å². The monoisotopic (exact) mass is 392 g/mol. The van der Waals surface area contributed by atoms with Crippen LogP contribution in [-0.2, 0) is 4.79 Å². The van der Waals surface area contributed by atoms with Gasteiger partial charge in [0.25, 0.3) is 0 Å². The molecule has 0 radical (unpaired) electrons. The fourth-order valence-electron chi connectivity index (χ4n) is 4.32. The zero-order valence-electron chi connectivity index (χ0n) is 16.1. The first-order valence-electron chi connectivity index (χ1n) is 9.99. The maximum atomic E-state index is 12.4. The van der Waals surface area contributed by atoms with E-state index in [1.807, 2.05) is 18.3 Å². The molecule has 0 saturated heterocycles. The summed E-state index contributed by atoms with van der Waals surface area (Å²) in [4.78, 5) is 16.9. The Bertz CT molecular complexity index is 976. The number of carbonyl (C=O) groups is 1. The number of amides is 1. The van der Waals surface area contributed by atoms with Crippen molar-refractivity contribution in [3.8, 4) is 0 Å². The second kappa shape index (κ2) is 8.32. The summed E-state index contributed by atoms with van der Waals surface area (Å²) in [5.74, 6) is 1.11. The van der Waals surface area contributed by atoms with Crippen LogP contribution in [0.2, 0.25) is 5.02 Å². The van der Waals surface area contributed by atoms with Crippen LogP contribution in [0.25, 0.3) is 10.9 Å². The minimum atomic E-state index is 0.0933. The van der Waals surface area contributed by atoms with Crippen LogP contribution in [-0.4, -0.2) is 10.9 Å². The standard InChI is InChI=1S/C24H25ClN2O/c1-16-2-11-23-22(14-16)21(12-13-26-23)18-5-3-17(4-6-18)15-24(28)27-20-9-7-19(25)8-10-20/h2,7-14,17-18H,3-6,15H2,1H3,(H,27,28). The SMILES string of the molecule is Cc1ccc2nccc(C3CCC(CC(=O)Nc4ccc(Cl)cc4)CC3)c2c1. The number of aryl methyl sites for hydroxylation is 1. The van der Waals surface area contributed by atoms with Gasteiger partial charge in [-0.1, -0.05) is 23.2 Å². The third-order valence-electron chi connectivity index (χ3n) is 5.82. The van der Waals surface area contributed by atoms with Gasteiger partial charge in [0.05, 0.1) is 5.52 Å². The average molecular weight is 393 g/mol. The zero-order chi connectivity index (χ0) is 19.5. The third-order valence-corrected chi connectivity index (χ3v) is 6.07. The van der Waals surface area contributed by atoms with Gasteiger partial charge in [-0.05, 0) is 92.5 Å². The maximum absolute atomic E-state index is 12.4. The molecule has 0 bridgehead atoms. The van der Waals surface area contributed by atoms with E-state index >= 15 is 0 Å². The molecular weight excluding hydrogens is 368 g/mol. The molecule has 4 heteroatoms. The van der Waals surface area contributed by atoms with E-state index in [2.05, 4.69) is 41.5 Å². The topological polar surface area (TPSA) is 42.0 Å². The minimum absolute atomic E-state index is 0.0933. The van der Waals surface area contributed by atoms with Crippen molar-refractivity contribution in [2.45, 2.75) is 44.9 Å². The summed E-state index contributed by atoms with van der Waals surface area (Å²) in [6.07, 6.45) is 6.96. The van der Waals surface area contributed by atoms with Crippen LogP contribution in [0.1, 0.15) is 49.1 Å². The Morgan fingerprint density at radius 3 is 2.57 bits per heavy atom. The molecule has 144 valence electrons. The van der Waals surface area contributed by atoms with Crippen LogP contribution in [0.3, 0.4) is 0 Å². The van der Waals surface area contributed by atoms with E-state index < -0.39 is 0 Å². The fourth-order valence-corrected chi connectivity index (χ4v) is 4.45. The largest absolute Gasteiger partial charge is 0.326 e. The molecule has 28 heavy (non-hydrogen) atoms. The van der Waals surface area contributed by atoms with Crippen LogP contribution in [0.15, 0.2) is 54.7 Å². The van der Waals surface area contributed by atoms with Gasteiger partial charge in [-0.15, -0.1) is 0 Å². The number of aromatic nitrogens is 1. The number of halogens is 1. The van der Waals surface area contributed by atoms with Crippen molar-refractivity contribution < 1.29 is 4.79 Å². The van der Waals surface area contributed by atoms with E-state index in [0.29, 0.717) is 23.3 Å². The second-order valence-electron chi connectivity index (χ2n) is 7.90. The van der Waals surface area contributed by atoms with Gasteiger partial charge in [0.2, 0.25) is 5.91 Å². The predicted molar refractivity (Wildman–Crippen MR) is 116 cm³/mol. The summed E-state index contributed by atoms with van der Waals surface area (Å²) in [5.41, 5.74) is 4.57. The zero-order valence-corrected chi connectivity index (χ0v) is 16.9. The molecule has 4 rings (SSSR count). The van der Waals surface area contributed by atoms with Crippen molar-refractivity contribution in [2.24, 2.45) is 5.92 Å². The first kappa shape index (κ1) is 18.9. The third kappa shape index (κ3) is 4.36. The molecular formula is C24H25ClN2O. The van der Waals surface area contributed by atoms with Crippen LogP contribution in [0.5, 0.6) is 0 Å². The Morgan fingerprint density at radius 2 is 1.82 bits per heavy atom. The molecule has 1 fully saturated rings. The Labute approximate surface area is 171 Å². The first-order valence-corrected chi connectivity index (χ1v) is 10.4. The normalized spacial score (nSPS) is 19.5. The highest BCUT2D eigenvalue weighted by atomic mass is 35.5. The molecule has 0 spiro atoms. The number of benzene rings is 2. The van der Waals surface area contributed by atoms with Crippen molar-refractivity contribution in [2.75, 3.05) is 5.32 Å². The van der Waals surface area contributed by atoms with Crippen LogP contribution < -0.4 is 5.32 Å². The van der Waals surface area contributed by atoms with Crippen LogP contribution >= 0.6 is 11.6 Å². The number of rotatable bonds is 4. The van der Waals surface area contributed by atoms with Gasteiger partial charge in [0.1, 0.15) is 0 Å². The van der Waals surface area contributed by atoms with E-state index in [9.17, 15) is 4.79 Å². The summed E-state index contributed by atoms with van der Waals surface area (Å²) < 4.78 is 0. The number of hydrogen-bond acceptors (Lipinski definition) is 2. The molecule has 1 aliphatic rings. The molecule has 0 atom stereocenters. The minimum Gasteiger partial charge on any atom is -0.326 e. The number of nitrogens with zero attached hydrogens (tertiary/aromatic N) is 1. The smallest absolute Gasteiger partial charge is 0.224 e. The second-order valence-corrected chi connectivity index (χ2v) is 8.33. The molecule has 2 aromatic carbocycles. The lowest BCUT2D eigenvalue weighted by atomic mass is 9.76. The van der Waals surface area contributed by atoms with Gasteiger partial charge in [-0.3, -0.25) is 9.78 Å². The van der Waals surface area contributed by atoms with E-state index in [-0.39, 0.29) is 5.91 Å². The van der Waals surface area contributed by atoms with Crippen molar-refractivity contribution in [1.82, 2.24) is 4.98 Å². The van der Waals surface area contributed by atoms with Gasteiger partial charge in [-0.25, -0.2) is 0 Å². The maximum Gasteiger partial charge on any atom is 0.224 e. The quantitative estimate of drug-likeness (QED) is 0.550. The van der Waals surface area contributed by atoms with Gasteiger partial charge >= 0.3 is 0 Å². The average Bonchev–Trinajstić information content (AvgIpc) is 2.70.